The van der Waals surface area contributed by atoms with Crippen molar-refractivity contribution in [3.63, 3.8) is 0 Å². The first-order chi connectivity index (χ1) is 8.49. The molecule has 0 aromatic heterocycles. The third-order valence-corrected chi connectivity index (χ3v) is 2.79. The first-order valence-corrected chi connectivity index (χ1v) is 6.92. The standard InChI is InChI=1S/C10H12N2O3S.C2H6/c1-3-6-12-9-5-4-8(16(11,13)14)7-10(9)15-2;1-2/h1,4-5,7,12H,6H2,2H3,(H2,11,13,14);1-2H3. The summed E-state index contributed by atoms with van der Waals surface area (Å²) in [5.41, 5.74) is 0.618. The number of nitrogens with two attached hydrogens (primary N) is 1. The lowest BCUT2D eigenvalue weighted by Gasteiger charge is -2.10. The fraction of sp³-hybridized carbons (Fsp3) is 0.333. The maximum Gasteiger partial charge on any atom is 0.238 e. The second-order valence-electron chi connectivity index (χ2n) is 2.96. The van der Waals surface area contributed by atoms with Gasteiger partial charge in [-0.05, 0) is 12.1 Å². The van der Waals surface area contributed by atoms with E-state index >= 15 is 0 Å². The van der Waals surface area contributed by atoms with Crippen LogP contribution in [0.5, 0.6) is 5.75 Å². The third-order valence-electron chi connectivity index (χ3n) is 1.88. The number of hydrogen-bond acceptors (Lipinski definition) is 4. The first-order valence-electron chi connectivity index (χ1n) is 5.37. The summed E-state index contributed by atoms with van der Waals surface area (Å²) < 4.78 is 27.2. The van der Waals surface area contributed by atoms with Crippen molar-refractivity contribution in [2.75, 3.05) is 19.0 Å². The average Bonchev–Trinajstić information content (AvgIpc) is 2.37. The van der Waals surface area contributed by atoms with Gasteiger partial charge in [0.15, 0.2) is 0 Å². The number of hydrogen-bond donors (Lipinski definition) is 2. The van der Waals surface area contributed by atoms with E-state index in [4.69, 9.17) is 16.3 Å². The number of sulfonamides is 1. The van der Waals surface area contributed by atoms with E-state index in [9.17, 15) is 8.42 Å². The monoisotopic (exact) mass is 270 g/mol. The molecule has 1 aromatic carbocycles. The molecule has 0 aliphatic carbocycles. The molecule has 0 heterocycles. The molecule has 0 spiro atoms. The Morgan fingerprint density at radius 2 is 2.06 bits per heavy atom. The minimum atomic E-state index is -3.72. The topological polar surface area (TPSA) is 81.4 Å². The van der Waals surface area contributed by atoms with Gasteiger partial charge in [0.25, 0.3) is 0 Å². The van der Waals surface area contributed by atoms with Gasteiger partial charge in [0.05, 0.1) is 24.2 Å². The number of terminal acetylenes is 1. The lowest BCUT2D eigenvalue weighted by atomic mass is 10.3. The molecule has 6 heteroatoms. The van der Waals surface area contributed by atoms with Crippen molar-refractivity contribution in [2.45, 2.75) is 18.7 Å². The van der Waals surface area contributed by atoms with Crippen LogP contribution in [0.1, 0.15) is 13.8 Å². The molecule has 0 unspecified atom stereocenters. The van der Waals surface area contributed by atoms with E-state index in [2.05, 4.69) is 11.2 Å². The molecule has 100 valence electrons. The predicted octanol–water partition coefficient (Wildman–Crippen LogP) is 1.41. The zero-order chi connectivity index (χ0) is 14.2. The van der Waals surface area contributed by atoms with E-state index in [1.807, 2.05) is 13.8 Å². The lowest BCUT2D eigenvalue weighted by Crippen LogP contribution is -2.12. The number of methoxy groups -OCH3 is 1. The van der Waals surface area contributed by atoms with Crippen molar-refractivity contribution >= 4 is 15.7 Å². The van der Waals surface area contributed by atoms with E-state index in [1.165, 1.54) is 19.2 Å². The summed E-state index contributed by atoms with van der Waals surface area (Å²) in [4.78, 5) is -0.00407. The highest BCUT2D eigenvalue weighted by atomic mass is 32.2. The summed E-state index contributed by atoms with van der Waals surface area (Å²) in [6, 6.07) is 4.28. The number of ether oxygens (including phenoxy) is 1. The summed E-state index contributed by atoms with van der Waals surface area (Å²) in [5, 5.41) is 7.89. The number of primary sulfonamides is 1. The Morgan fingerprint density at radius 3 is 2.50 bits per heavy atom. The molecule has 0 saturated heterocycles. The Morgan fingerprint density at radius 1 is 1.44 bits per heavy atom. The Kier molecular flexibility index (Phi) is 6.86. The molecule has 5 nitrogen and oxygen atoms in total. The average molecular weight is 270 g/mol. The molecular weight excluding hydrogens is 252 g/mol. The highest BCUT2D eigenvalue weighted by Gasteiger charge is 2.11. The van der Waals surface area contributed by atoms with E-state index in [-0.39, 0.29) is 4.90 Å². The van der Waals surface area contributed by atoms with Gasteiger partial charge in [0, 0.05) is 6.07 Å². The molecule has 0 aliphatic heterocycles. The Bertz CT molecular complexity index is 519. The fourth-order valence-electron chi connectivity index (χ4n) is 1.14. The maximum atomic E-state index is 11.1. The van der Waals surface area contributed by atoms with E-state index in [0.717, 1.165) is 0 Å². The first kappa shape index (κ1) is 16.3. The van der Waals surface area contributed by atoms with Crippen LogP contribution >= 0.6 is 0 Å². The van der Waals surface area contributed by atoms with Crippen LogP contribution in [0.15, 0.2) is 23.1 Å². The Labute approximate surface area is 108 Å². The largest absolute Gasteiger partial charge is 0.495 e. The molecule has 0 radical (unpaired) electrons. The van der Waals surface area contributed by atoms with Crippen molar-refractivity contribution in [1.82, 2.24) is 0 Å². The second-order valence-corrected chi connectivity index (χ2v) is 4.53. The molecular formula is C12H18N2O3S. The summed E-state index contributed by atoms with van der Waals surface area (Å²) in [5.74, 6) is 2.78. The van der Waals surface area contributed by atoms with Crippen LogP contribution in [0.2, 0.25) is 0 Å². The number of rotatable bonds is 4. The summed E-state index contributed by atoms with van der Waals surface area (Å²) in [6.07, 6.45) is 5.10. The highest BCUT2D eigenvalue weighted by molar-refractivity contribution is 7.89. The van der Waals surface area contributed by atoms with Gasteiger partial charge in [-0.3, -0.25) is 0 Å². The summed E-state index contributed by atoms with van der Waals surface area (Å²) in [7, 11) is -2.29. The van der Waals surface area contributed by atoms with Crippen LogP contribution in [0.3, 0.4) is 0 Å². The van der Waals surface area contributed by atoms with E-state index in [1.54, 1.807) is 6.07 Å². The molecule has 3 N–H and O–H groups in total. The van der Waals surface area contributed by atoms with Gasteiger partial charge in [-0.25, -0.2) is 13.6 Å². The van der Waals surface area contributed by atoms with Crippen LogP contribution in [-0.4, -0.2) is 22.1 Å². The van der Waals surface area contributed by atoms with Crippen molar-refractivity contribution in [3.8, 4) is 18.1 Å². The molecule has 0 saturated carbocycles. The molecule has 0 fully saturated rings. The Hall–Kier alpha value is -1.71. The van der Waals surface area contributed by atoms with E-state index < -0.39 is 10.0 Å². The van der Waals surface area contributed by atoms with Crippen molar-refractivity contribution in [1.29, 1.82) is 0 Å². The molecule has 1 aromatic rings. The van der Waals surface area contributed by atoms with Crippen molar-refractivity contribution in [2.24, 2.45) is 5.14 Å². The fourth-order valence-corrected chi connectivity index (χ4v) is 1.67. The zero-order valence-electron chi connectivity index (χ0n) is 10.7. The molecule has 0 bridgehead atoms. The van der Waals surface area contributed by atoms with Crippen LogP contribution in [0, 0.1) is 12.3 Å². The highest BCUT2D eigenvalue weighted by Crippen LogP contribution is 2.26. The van der Waals surface area contributed by atoms with Gasteiger partial charge in [-0.2, -0.15) is 0 Å². The number of anilines is 1. The molecule has 0 aliphatic rings. The van der Waals surface area contributed by atoms with Crippen molar-refractivity contribution in [3.05, 3.63) is 18.2 Å². The smallest absolute Gasteiger partial charge is 0.238 e. The molecule has 0 atom stereocenters. The number of benzene rings is 1. The van der Waals surface area contributed by atoms with Gasteiger partial charge in [-0.1, -0.05) is 19.8 Å². The van der Waals surface area contributed by atoms with Crippen LogP contribution in [-0.2, 0) is 10.0 Å². The zero-order valence-corrected chi connectivity index (χ0v) is 11.5. The van der Waals surface area contributed by atoms with Crippen molar-refractivity contribution < 1.29 is 13.2 Å². The van der Waals surface area contributed by atoms with Crippen LogP contribution < -0.4 is 15.2 Å². The maximum absolute atomic E-state index is 11.1. The van der Waals surface area contributed by atoms with Gasteiger partial charge in [0.1, 0.15) is 5.75 Å². The molecule has 18 heavy (non-hydrogen) atoms. The van der Waals surface area contributed by atoms with E-state index in [0.29, 0.717) is 18.0 Å². The third kappa shape index (κ3) is 4.65. The van der Waals surface area contributed by atoms with Gasteiger partial charge in [-0.15, -0.1) is 6.42 Å². The van der Waals surface area contributed by atoms with Crippen LogP contribution in [0.25, 0.3) is 0 Å². The molecule has 1 rings (SSSR count). The quantitative estimate of drug-likeness (QED) is 0.811. The minimum Gasteiger partial charge on any atom is -0.495 e. The minimum absolute atomic E-state index is 0.00407. The number of nitrogens with one attached hydrogen (secondary N) is 1. The Balaban J connectivity index is 0.00000137. The van der Waals surface area contributed by atoms with Gasteiger partial charge in [0.2, 0.25) is 10.0 Å². The second kappa shape index (κ2) is 7.58. The predicted molar refractivity (Wildman–Crippen MR) is 73.0 cm³/mol. The molecule has 0 amide bonds. The summed E-state index contributed by atoms with van der Waals surface area (Å²) in [6.45, 7) is 4.32. The normalized spacial score (nSPS) is 9.72. The van der Waals surface area contributed by atoms with Gasteiger partial charge >= 0.3 is 0 Å². The lowest BCUT2D eigenvalue weighted by molar-refractivity contribution is 0.415. The van der Waals surface area contributed by atoms with Gasteiger partial charge < -0.3 is 10.1 Å². The summed E-state index contributed by atoms with van der Waals surface area (Å²) >= 11 is 0. The van der Waals surface area contributed by atoms with Crippen LogP contribution in [0.4, 0.5) is 5.69 Å². The SMILES string of the molecule is C#CCNc1ccc(S(N)(=O)=O)cc1OC.CC.